The molecule has 1 aromatic heterocycles. The molecular weight excluding hydrogens is 411 g/mol. The van der Waals surface area contributed by atoms with Crippen LogP contribution in [0.5, 0.6) is 0 Å². The number of piperazine rings is 1. The number of fused-ring (bicyclic) bond motifs is 1. The number of benzene rings is 1. The number of halogens is 2. The Bertz CT molecular complexity index is 877. The molecule has 1 N–H and O–H groups in total. The van der Waals surface area contributed by atoms with Crippen molar-refractivity contribution in [2.75, 3.05) is 44.7 Å². The minimum atomic E-state index is -0.494. The van der Waals surface area contributed by atoms with Crippen LogP contribution in [0.1, 0.15) is 32.1 Å². The summed E-state index contributed by atoms with van der Waals surface area (Å²) in [6, 6.07) is 3.13. The van der Waals surface area contributed by atoms with Crippen molar-refractivity contribution in [3.63, 3.8) is 0 Å². The maximum atomic E-state index is 13.6. The zero-order valence-electron chi connectivity index (χ0n) is 17.2. The number of methoxy groups -OCH3 is 1. The van der Waals surface area contributed by atoms with Crippen LogP contribution in [0, 0.1) is 11.7 Å². The highest BCUT2D eigenvalue weighted by atomic mass is 35.5. The summed E-state index contributed by atoms with van der Waals surface area (Å²) >= 11 is 5.94. The summed E-state index contributed by atoms with van der Waals surface area (Å²) in [5.41, 5.74) is 0.423. The first-order chi connectivity index (χ1) is 14.5. The maximum absolute atomic E-state index is 13.6. The molecule has 4 rings (SSSR count). The van der Waals surface area contributed by atoms with Crippen molar-refractivity contribution in [3.8, 4) is 0 Å². The predicted octanol–water partition coefficient (Wildman–Crippen LogP) is 4.05. The van der Waals surface area contributed by atoms with Crippen LogP contribution in [0.2, 0.25) is 5.02 Å². The SMILES string of the molecule is COC(=O)NC1CCC(CCN2CCN(c3noc4cc(F)c(Cl)cc34)CC2)CC1. The number of hydrogen-bond acceptors (Lipinski definition) is 6. The van der Waals surface area contributed by atoms with Gasteiger partial charge in [-0.2, -0.15) is 0 Å². The fourth-order valence-corrected chi connectivity index (χ4v) is 4.68. The molecule has 164 valence electrons. The van der Waals surface area contributed by atoms with Gasteiger partial charge in [0.15, 0.2) is 11.4 Å². The summed E-state index contributed by atoms with van der Waals surface area (Å²) in [6.45, 7) is 4.72. The van der Waals surface area contributed by atoms with Gasteiger partial charge >= 0.3 is 6.09 Å². The van der Waals surface area contributed by atoms with Gasteiger partial charge in [0.2, 0.25) is 0 Å². The van der Waals surface area contributed by atoms with Crippen LogP contribution in [-0.4, -0.2) is 62.0 Å². The monoisotopic (exact) mass is 438 g/mol. The van der Waals surface area contributed by atoms with Crippen LogP contribution >= 0.6 is 11.6 Å². The van der Waals surface area contributed by atoms with Crippen molar-refractivity contribution >= 4 is 34.5 Å². The molecule has 0 atom stereocenters. The van der Waals surface area contributed by atoms with E-state index >= 15 is 0 Å². The van der Waals surface area contributed by atoms with E-state index in [1.54, 1.807) is 6.07 Å². The van der Waals surface area contributed by atoms with Gasteiger partial charge in [-0.1, -0.05) is 16.8 Å². The third-order valence-corrected chi connectivity index (χ3v) is 6.66. The molecule has 2 aromatic rings. The van der Waals surface area contributed by atoms with E-state index in [0.29, 0.717) is 5.58 Å². The number of nitrogens with zero attached hydrogens (tertiary/aromatic N) is 3. The Labute approximate surface area is 180 Å². The van der Waals surface area contributed by atoms with E-state index in [1.165, 1.54) is 19.6 Å². The van der Waals surface area contributed by atoms with Gasteiger partial charge in [0.1, 0.15) is 5.82 Å². The highest BCUT2D eigenvalue weighted by Crippen LogP contribution is 2.31. The first kappa shape index (κ1) is 21.2. The molecule has 1 aliphatic heterocycles. The number of hydrogen-bond donors (Lipinski definition) is 1. The van der Waals surface area contributed by atoms with Gasteiger partial charge in [-0.05, 0) is 50.6 Å². The number of carbonyl (C=O) groups excluding carboxylic acids is 1. The number of ether oxygens (including phenoxy) is 1. The van der Waals surface area contributed by atoms with E-state index in [2.05, 4.69) is 25.0 Å². The van der Waals surface area contributed by atoms with Gasteiger partial charge in [-0.25, -0.2) is 9.18 Å². The Kier molecular flexibility index (Phi) is 6.63. The predicted molar refractivity (Wildman–Crippen MR) is 114 cm³/mol. The molecule has 2 aliphatic rings. The summed E-state index contributed by atoms with van der Waals surface area (Å²) in [5.74, 6) is 0.963. The molecule has 30 heavy (non-hydrogen) atoms. The molecular formula is C21H28ClFN4O3. The Morgan fingerprint density at radius 2 is 2.00 bits per heavy atom. The molecule has 0 spiro atoms. The molecule has 1 aliphatic carbocycles. The quantitative estimate of drug-likeness (QED) is 0.759. The molecule has 1 saturated carbocycles. The second-order valence-corrected chi connectivity index (χ2v) is 8.65. The molecule has 1 aromatic carbocycles. The van der Waals surface area contributed by atoms with Crippen molar-refractivity contribution in [2.45, 2.75) is 38.1 Å². The van der Waals surface area contributed by atoms with Crippen molar-refractivity contribution in [3.05, 3.63) is 23.0 Å². The number of anilines is 1. The normalized spacial score (nSPS) is 23.0. The Morgan fingerprint density at radius 1 is 1.27 bits per heavy atom. The lowest BCUT2D eigenvalue weighted by molar-refractivity contribution is 0.158. The summed E-state index contributed by atoms with van der Waals surface area (Å²) in [7, 11) is 1.40. The van der Waals surface area contributed by atoms with Crippen molar-refractivity contribution in [1.82, 2.24) is 15.4 Å². The van der Waals surface area contributed by atoms with Crippen LogP contribution in [0.4, 0.5) is 15.0 Å². The molecule has 1 saturated heterocycles. The molecule has 0 unspecified atom stereocenters. The first-order valence-electron chi connectivity index (χ1n) is 10.6. The molecule has 2 heterocycles. The van der Waals surface area contributed by atoms with Crippen LogP contribution < -0.4 is 10.2 Å². The average molecular weight is 439 g/mol. The van der Waals surface area contributed by atoms with Gasteiger partial charge in [0, 0.05) is 38.3 Å². The minimum Gasteiger partial charge on any atom is -0.453 e. The minimum absolute atomic E-state index is 0.0853. The average Bonchev–Trinajstić information content (AvgIpc) is 3.16. The van der Waals surface area contributed by atoms with Gasteiger partial charge in [0.05, 0.1) is 17.5 Å². The number of alkyl carbamates (subject to hydrolysis) is 1. The number of aromatic nitrogens is 1. The number of rotatable bonds is 5. The fourth-order valence-electron chi connectivity index (χ4n) is 4.52. The third-order valence-electron chi connectivity index (χ3n) is 6.37. The highest BCUT2D eigenvalue weighted by Gasteiger charge is 2.25. The van der Waals surface area contributed by atoms with E-state index in [0.717, 1.165) is 75.5 Å². The van der Waals surface area contributed by atoms with Crippen molar-refractivity contribution in [2.24, 2.45) is 5.92 Å². The van der Waals surface area contributed by atoms with Crippen LogP contribution in [0.3, 0.4) is 0 Å². The second-order valence-electron chi connectivity index (χ2n) is 8.24. The lowest BCUT2D eigenvalue weighted by atomic mass is 9.84. The third kappa shape index (κ3) is 4.81. The van der Waals surface area contributed by atoms with E-state index in [1.807, 2.05) is 0 Å². The first-order valence-corrected chi connectivity index (χ1v) is 11.0. The molecule has 0 bridgehead atoms. The molecule has 9 heteroatoms. The number of carbonyl (C=O) groups is 1. The zero-order chi connectivity index (χ0) is 21.1. The highest BCUT2D eigenvalue weighted by molar-refractivity contribution is 6.31. The van der Waals surface area contributed by atoms with Gasteiger partial charge < -0.3 is 19.5 Å². The second kappa shape index (κ2) is 9.39. The Hall–Kier alpha value is -2.06. The van der Waals surface area contributed by atoms with Gasteiger partial charge in [0.25, 0.3) is 0 Å². The fraction of sp³-hybridized carbons (Fsp3) is 0.619. The number of nitrogens with one attached hydrogen (secondary N) is 1. The Morgan fingerprint density at radius 3 is 2.70 bits per heavy atom. The van der Waals surface area contributed by atoms with Crippen LogP contribution in [0.15, 0.2) is 16.7 Å². The largest absolute Gasteiger partial charge is 0.453 e. The van der Waals surface area contributed by atoms with E-state index in [4.69, 9.17) is 16.1 Å². The van der Waals surface area contributed by atoms with Crippen LogP contribution in [0.25, 0.3) is 11.0 Å². The standard InChI is InChI=1S/C21H28ClFN4O3/c1-29-21(28)24-15-4-2-14(3-5-15)6-7-26-8-10-27(11-9-26)20-16-12-17(22)18(23)13-19(16)30-25-20/h12-15H,2-11H2,1H3,(H,24,28). The number of amides is 1. The maximum Gasteiger partial charge on any atom is 0.407 e. The van der Waals surface area contributed by atoms with Crippen molar-refractivity contribution in [1.29, 1.82) is 0 Å². The van der Waals surface area contributed by atoms with E-state index in [9.17, 15) is 9.18 Å². The lowest BCUT2D eigenvalue weighted by Crippen LogP contribution is -2.47. The molecule has 2 fully saturated rings. The van der Waals surface area contributed by atoms with Crippen molar-refractivity contribution < 1.29 is 18.4 Å². The summed E-state index contributed by atoms with van der Waals surface area (Å²) in [6.07, 6.45) is 5.20. The van der Waals surface area contributed by atoms with Gasteiger partial charge in [-0.15, -0.1) is 0 Å². The Balaban J connectivity index is 1.22. The van der Waals surface area contributed by atoms with E-state index in [-0.39, 0.29) is 17.2 Å². The molecule has 1 amide bonds. The topological polar surface area (TPSA) is 70.8 Å². The smallest absolute Gasteiger partial charge is 0.407 e. The lowest BCUT2D eigenvalue weighted by Gasteiger charge is -2.36. The molecule has 0 radical (unpaired) electrons. The van der Waals surface area contributed by atoms with Gasteiger partial charge in [-0.3, -0.25) is 4.90 Å². The summed E-state index contributed by atoms with van der Waals surface area (Å²) < 4.78 is 23.6. The zero-order valence-corrected chi connectivity index (χ0v) is 18.0. The van der Waals surface area contributed by atoms with Crippen LogP contribution in [-0.2, 0) is 4.74 Å². The summed E-state index contributed by atoms with van der Waals surface area (Å²) in [4.78, 5) is 16.0. The van der Waals surface area contributed by atoms with E-state index < -0.39 is 5.82 Å². The summed E-state index contributed by atoms with van der Waals surface area (Å²) in [5, 5.41) is 7.90. The molecule has 7 nitrogen and oxygen atoms in total.